The largest absolute Gasteiger partial charge is 0.508 e. The standard InChI is InChI=1S/C32H27F2N3O3/c1-35-32(40)22-7-4-20(5-8-22)27-3-2-12-36-31(27)29(15-19-13-24(33)17-25(34)14-19)37-30(39)16-23-9-6-21-10-11-26(38)18-28(21)23/h2-5,7-14,17-18,29,38H,6,15-16H2,1H3,(H,35,40)(H,37,39)/t29-/m0/s1. The van der Waals surface area contributed by atoms with Crippen LogP contribution in [0.3, 0.4) is 0 Å². The second-order valence-corrected chi connectivity index (χ2v) is 9.65. The molecular weight excluding hydrogens is 512 g/mol. The highest BCUT2D eigenvalue weighted by atomic mass is 19.1. The fourth-order valence-electron chi connectivity index (χ4n) is 5.04. The number of allylic oxidation sites excluding steroid dienone is 1. The van der Waals surface area contributed by atoms with Gasteiger partial charge in [-0.05, 0) is 83.1 Å². The molecule has 8 heteroatoms. The Morgan fingerprint density at radius 1 is 0.975 bits per heavy atom. The number of carbonyl (C=O) groups is 2. The van der Waals surface area contributed by atoms with Crippen molar-refractivity contribution in [1.29, 1.82) is 0 Å². The predicted octanol–water partition coefficient (Wildman–Crippen LogP) is 5.52. The molecule has 4 aromatic rings. The normalized spacial score (nSPS) is 12.8. The van der Waals surface area contributed by atoms with Crippen molar-refractivity contribution in [2.24, 2.45) is 0 Å². The van der Waals surface area contributed by atoms with Gasteiger partial charge in [0.15, 0.2) is 0 Å². The summed E-state index contributed by atoms with van der Waals surface area (Å²) in [6.07, 6.45) is 4.38. The lowest BCUT2D eigenvalue weighted by Crippen LogP contribution is -2.31. The van der Waals surface area contributed by atoms with Crippen LogP contribution in [0.2, 0.25) is 0 Å². The number of hydrogen-bond acceptors (Lipinski definition) is 4. The summed E-state index contributed by atoms with van der Waals surface area (Å²) in [5.41, 5.74) is 5.51. The molecule has 0 bridgehead atoms. The summed E-state index contributed by atoms with van der Waals surface area (Å²) in [4.78, 5) is 29.9. The highest BCUT2D eigenvalue weighted by molar-refractivity contribution is 5.94. The molecule has 202 valence electrons. The number of rotatable bonds is 8. The number of aromatic hydroxyl groups is 1. The molecule has 0 radical (unpaired) electrons. The van der Waals surface area contributed by atoms with Crippen LogP contribution < -0.4 is 10.6 Å². The van der Waals surface area contributed by atoms with E-state index < -0.39 is 17.7 Å². The van der Waals surface area contributed by atoms with Gasteiger partial charge in [0.1, 0.15) is 17.4 Å². The van der Waals surface area contributed by atoms with Gasteiger partial charge < -0.3 is 15.7 Å². The molecule has 0 spiro atoms. The monoisotopic (exact) mass is 539 g/mol. The van der Waals surface area contributed by atoms with E-state index in [0.29, 0.717) is 28.8 Å². The van der Waals surface area contributed by atoms with E-state index in [2.05, 4.69) is 15.6 Å². The Kier molecular flexibility index (Phi) is 7.68. The maximum absolute atomic E-state index is 14.1. The molecule has 5 rings (SSSR count). The molecule has 0 fully saturated rings. The van der Waals surface area contributed by atoms with Gasteiger partial charge in [-0.3, -0.25) is 14.6 Å². The Balaban J connectivity index is 1.47. The summed E-state index contributed by atoms with van der Waals surface area (Å²) in [6, 6.07) is 18.2. The molecule has 40 heavy (non-hydrogen) atoms. The number of nitrogens with one attached hydrogen (secondary N) is 2. The molecule has 0 saturated heterocycles. The van der Waals surface area contributed by atoms with E-state index in [0.717, 1.165) is 28.3 Å². The fraction of sp³-hybridized carbons (Fsp3) is 0.156. The van der Waals surface area contributed by atoms with Crippen molar-refractivity contribution >= 4 is 17.4 Å². The average molecular weight is 540 g/mol. The van der Waals surface area contributed by atoms with Gasteiger partial charge in [-0.15, -0.1) is 0 Å². The maximum Gasteiger partial charge on any atom is 0.251 e. The summed E-state index contributed by atoms with van der Waals surface area (Å²) < 4.78 is 28.1. The van der Waals surface area contributed by atoms with Gasteiger partial charge in [0.2, 0.25) is 5.91 Å². The van der Waals surface area contributed by atoms with Crippen molar-refractivity contribution < 1.29 is 23.5 Å². The molecule has 2 amide bonds. The Hall–Kier alpha value is -4.85. The first kappa shape index (κ1) is 26.7. The second-order valence-electron chi connectivity index (χ2n) is 9.65. The van der Waals surface area contributed by atoms with E-state index in [1.165, 1.54) is 12.1 Å². The molecule has 1 heterocycles. The number of benzene rings is 3. The van der Waals surface area contributed by atoms with Crippen LogP contribution in [-0.4, -0.2) is 29.0 Å². The zero-order chi connectivity index (χ0) is 28.2. The van der Waals surface area contributed by atoms with Crippen molar-refractivity contribution in [2.45, 2.75) is 25.3 Å². The van der Waals surface area contributed by atoms with E-state index in [1.54, 1.807) is 55.7 Å². The number of phenols is 1. The van der Waals surface area contributed by atoms with Crippen LogP contribution >= 0.6 is 0 Å². The molecule has 0 unspecified atom stereocenters. The lowest BCUT2D eigenvalue weighted by molar-refractivity contribution is -0.120. The summed E-state index contributed by atoms with van der Waals surface area (Å²) in [5.74, 6) is -1.81. The zero-order valence-corrected chi connectivity index (χ0v) is 21.7. The third kappa shape index (κ3) is 5.91. The molecule has 6 nitrogen and oxygen atoms in total. The summed E-state index contributed by atoms with van der Waals surface area (Å²) in [5, 5.41) is 15.5. The lowest BCUT2D eigenvalue weighted by atomic mass is 9.94. The molecule has 1 aromatic heterocycles. The molecule has 3 N–H and O–H groups in total. The number of phenolic OH excluding ortho intramolecular Hbond substituents is 1. The van der Waals surface area contributed by atoms with E-state index in [4.69, 9.17) is 0 Å². The summed E-state index contributed by atoms with van der Waals surface area (Å²) in [7, 11) is 1.56. The predicted molar refractivity (Wildman–Crippen MR) is 148 cm³/mol. The number of amides is 2. The first-order valence-corrected chi connectivity index (χ1v) is 12.8. The lowest BCUT2D eigenvalue weighted by Gasteiger charge is -2.22. The Morgan fingerprint density at radius 3 is 2.45 bits per heavy atom. The maximum atomic E-state index is 14.1. The topological polar surface area (TPSA) is 91.3 Å². The van der Waals surface area contributed by atoms with Crippen molar-refractivity contribution in [2.75, 3.05) is 7.05 Å². The summed E-state index contributed by atoms with van der Waals surface area (Å²) in [6.45, 7) is 0. The van der Waals surface area contributed by atoms with Gasteiger partial charge in [0.05, 0.1) is 18.2 Å². The molecule has 1 aliphatic rings. The van der Waals surface area contributed by atoms with Crippen LogP contribution in [0.5, 0.6) is 5.75 Å². The third-order valence-corrected chi connectivity index (χ3v) is 6.91. The third-order valence-electron chi connectivity index (χ3n) is 6.91. The molecular formula is C32H27F2N3O3. The van der Waals surface area contributed by atoms with Crippen molar-refractivity contribution in [3.05, 3.63) is 125 Å². The summed E-state index contributed by atoms with van der Waals surface area (Å²) >= 11 is 0. The van der Waals surface area contributed by atoms with Crippen LogP contribution in [0.15, 0.2) is 85.1 Å². The van der Waals surface area contributed by atoms with Crippen molar-refractivity contribution in [3.63, 3.8) is 0 Å². The van der Waals surface area contributed by atoms with Crippen LogP contribution in [0.4, 0.5) is 8.78 Å². The first-order chi connectivity index (χ1) is 19.3. The smallest absolute Gasteiger partial charge is 0.251 e. The molecule has 0 aliphatic heterocycles. The number of pyridine rings is 1. The van der Waals surface area contributed by atoms with Gasteiger partial charge in [-0.1, -0.05) is 30.3 Å². The molecule has 1 atom stereocenters. The molecule has 1 aliphatic carbocycles. The second kappa shape index (κ2) is 11.5. The number of nitrogens with zero attached hydrogens (tertiary/aromatic N) is 1. The van der Waals surface area contributed by atoms with Crippen molar-refractivity contribution in [1.82, 2.24) is 15.6 Å². The van der Waals surface area contributed by atoms with E-state index >= 15 is 0 Å². The van der Waals surface area contributed by atoms with Gasteiger partial charge in [0, 0.05) is 30.4 Å². The average Bonchev–Trinajstić information content (AvgIpc) is 3.33. The van der Waals surface area contributed by atoms with Gasteiger partial charge in [-0.2, -0.15) is 0 Å². The number of aromatic nitrogens is 1. The molecule has 3 aromatic carbocycles. The number of fused-ring (bicyclic) bond motifs is 1. The minimum atomic E-state index is -0.714. The van der Waals surface area contributed by atoms with Crippen LogP contribution in [0.1, 0.15) is 45.2 Å². The Morgan fingerprint density at radius 2 is 1.73 bits per heavy atom. The minimum absolute atomic E-state index is 0.0630. The Bertz CT molecular complexity index is 1600. The zero-order valence-electron chi connectivity index (χ0n) is 21.7. The highest BCUT2D eigenvalue weighted by Gasteiger charge is 2.24. The SMILES string of the molecule is CNC(=O)c1ccc(-c2cccnc2[C@H](Cc2cc(F)cc(F)c2)NC(=O)CC2=CCc3ccc(O)cc32)cc1. The van der Waals surface area contributed by atoms with Gasteiger partial charge in [-0.25, -0.2) is 8.78 Å². The number of carbonyl (C=O) groups excluding carboxylic acids is 2. The first-order valence-electron chi connectivity index (χ1n) is 12.8. The van der Waals surface area contributed by atoms with Crippen LogP contribution in [0, 0.1) is 11.6 Å². The quantitative estimate of drug-likeness (QED) is 0.275. The van der Waals surface area contributed by atoms with Crippen LogP contribution in [-0.2, 0) is 17.6 Å². The van der Waals surface area contributed by atoms with Gasteiger partial charge in [0.25, 0.3) is 5.91 Å². The number of hydrogen-bond donors (Lipinski definition) is 3. The highest BCUT2D eigenvalue weighted by Crippen LogP contribution is 2.33. The minimum Gasteiger partial charge on any atom is -0.508 e. The van der Waals surface area contributed by atoms with Crippen LogP contribution in [0.25, 0.3) is 16.7 Å². The van der Waals surface area contributed by atoms with E-state index in [1.807, 2.05) is 18.2 Å². The number of halogens is 2. The Labute approximate surface area is 230 Å². The fourth-order valence-corrected chi connectivity index (χ4v) is 5.04. The van der Waals surface area contributed by atoms with Gasteiger partial charge >= 0.3 is 0 Å². The molecule has 0 saturated carbocycles. The van der Waals surface area contributed by atoms with Crippen molar-refractivity contribution in [3.8, 4) is 16.9 Å². The van der Waals surface area contributed by atoms with E-state index in [-0.39, 0.29) is 30.4 Å². The van der Waals surface area contributed by atoms with E-state index in [9.17, 15) is 23.5 Å².